The van der Waals surface area contributed by atoms with Crippen LogP contribution in [0.5, 0.6) is 0 Å². The molecule has 0 aliphatic carbocycles. The van der Waals surface area contributed by atoms with E-state index in [0.717, 1.165) is 19.5 Å². The van der Waals surface area contributed by atoms with E-state index in [1.54, 1.807) is 0 Å². The Morgan fingerprint density at radius 1 is 1.75 bits per heavy atom. The van der Waals surface area contributed by atoms with Gasteiger partial charge in [0.05, 0.1) is 0 Å². The molecule has 0 radical (unpaired) electrons. The van der Waals surface area contributed by atoms with Gasteiger partial charge in [-0.1, -0.05) is 13.5 Å². The minimum absolute atomic E-state index is 1.04. The summed E-state index contributed by atoms with van der Waals surface area (Å²) in [4.78, 5) is 0. The zero-order valence-corrected chi connectivity index (χ0v) is 5.41. The molecule has 8 heavy (non-hydrogen) atoms. The lowest BCUT2D eigenvalue weighted by Crippen LogP contribution is -2.12. The third-order valence-corrected chi connectivity index (χ3v) is 0.860. The first-order chi connectivity index (χ1) is 3.91. The molecule has 1 nitrogen and oxygen atoms in total. The first kappa shape index (κ1) is 7.48. The first-order valence-corrected chi connectivity index (χ1v) is 2.96. The van der Waals surface area contributed by atoms with Crippen molar-refractivity contribution in [1.82, 2.24) is 5.32 Å². The normalized spacial score (nSPS) is 8.12. The summed E-state index contributed by atoms with van der Waals surface area (Å²) in [7, 11) is 0. The van der Waals surface area contributed by atoms with Crippen LogP contribution in [0.15, 0.2) is 18.4 Å². The van der Waals surface area contributed by atoms with Crippen molar-refractivity contribution in [2.75, 3.05) is 13.1 Å². The zero-order valence-electron chi connectivity index (χ0n) is 5.41. The fourth-order valence-electron chi connectivity index (χ4n) is 0.453. The molecular weight excluding hydrogens is 98.1 g/mol. The summed E-state index contributed by atoms with van der Waals surface area (Å²) in [5.41, 5.74) is 2.71. The molecule has 0 aliphatic heterocycles. The quantitative estimate of drug-likeness (QED) is 0.426. The molecular formula is C7H13N. The van der Waals surface area contributed by atoms with Gasteiger partial charge < -0.3 is 5.32 Å². The van der Waals surface area contributed by atoms with E-state index in [9.17, 15) is 0 Å². The summed E-state index contributed by atoms with van der Waals surface area (Å²) >= 11 is 0. The van der Waals surface area contributed by atoms with E-state index in [1.165, 1.54) is 0 Å². The van der Waals surface area contributed by atoms with Crippen LogP contribution in [0, 0.1) is 0 Å². The van der Waals surface area contributed by atoms with Crippen LogP contribution in [-0.2, 0) is 0 Å². The average Bonchev–Trinajstić information content (AvgIpc) is 1.81. The summed E-state index contributed by atoms with van der Waals surface area (Å²) < 4.78 is 0. The van der Waals surface area contributed by atoms with Gasteiger partial charge in [-0.3, -0.25) is 0 Å². The highest BCUT2D eigenvalue weighted by Crippen LogP contribution is 1.74. The third kappa shape index (κ3) is 5.48. The molecule has 0 unspecified atom stereocenters. The Morgan fingerprint density at radius 2 is 2.50 bits per heavy atom. The van der Waals surface area contributed by atoms with Crippen molar-refractivity contribution in [3.63, 3.8) is 0 Å². The largest absolute Gasteiger partial charge is 0.317 e. The van der Waals surface area contributed by atoms with Crippen LogP contribution in [0.4, 0.5) is 0 Å². The maximum Gasteiger partial charge on any atom is -0.000829 e. The summed E-state index contributed by atoms with van der Waals surface area (Å²) in [6, 6.07) is 0. The number of rotatable bonds is 4. The highest BCUT2D eigenvalue weighted by atomic mass is 14.8. The Kier molecular flexibility index (Phi) is 6.06. The summed E-state index contributed by atoms with van der Waals surface area (Å²) in [5, 5.41) is 3.18. The Hall–Kier alpha value is -0.520. The van der Waals surface area contributed by atoms with Gasteiger partial charge in [-0.25, -0.2) is 0 Å². The van der Waals surface area contributed by atoms with Gasteiger partial charge in [0.25, 0.3) is 0 Å². The van der Waals surface area contributed by atoms with Gasteiger partial charge in [0.2, 0.25) is 0 Å². The van der Waals surface area contributed by atoms with E-state index >= 15 is 0 Å². The minimum Gasteiger partial charge on any atom is -0.317 e. The molecule has 0 aromatic heterocycles. The van der Waals surface area contributed by atoms with Gasteiger partial charge in [-0.05, 0) is 25.6 Å². The maximum atomic E-state index is 3.45. The Balaban J connectivity index is 2.82. The van der Waals surface area contributed by atoms with Crippen LogP contribution in [0.3, 0.4) is 0 Å². The van der Waals surface area contributed by atoms with Gasteiger partial charge in [-0.2, -0.15) is 0 Å². The molecule has 0 aromatic carbocycles. The highest BCUT2D eigenvalue weighted by molar-refractivity contribution is 4.75. The average molecular weight is 111 g/mol. The van der Waals surface area contributed by atoms with E-state index in [1.807, 2.05) is 6.08 Å². The Morgan fingerprint density at radius 3 is 3.00 bits per heavy atom. The van der Waals surface area contributed by atoms with Gasteiger partial charge in [0.1, 0.15) is 0 Å². The summed E-state index contributed by atoms with van der Waals surface area (Å²) in [5.74, 6) is 0. The van der Waals surface area contributed by atoms with Crippen molar-refractivity contribution in [3.05, 3.63) is 18.4 Å². The first-order valence-electron chi connectivity index (χ1n) is 2.96. The van der Waals surface area contributed by atoms with Crippen molar-refractivity contribution < 1.29 is 0 Å². The molecule has 0 saturated carbocycles. The van der Waals surface area contributed by atoms with Crippen LogP contribution >= 0.6 is 0 Å². The minimum atomic E-state index is 1.04. The van der Waals surface area contributed by atoms with Crippen LogP contribution in [0.25, 0.3) is 0 Å². The predicted octanol–water partition coefficient (Wildman–Crippen LogP) is 1.33. The van der Waals surface area contributed by atoms with E-state index in [0.29, 0.717) is 0 Å². The second-order valence-corrected chi connectivity index (χ2v) is 1.55. The fraction of sp³-hybridized carbons (Fsp3) is 0.571. The zero-order chi connectivity index (χ0) is 6.24. The van der Waals surface area contributed by atoms with Gasteiger partial charge in [-0.15, -0.1) is 5.73 Å². The maximum absolute atomic E-state index is 3.45. The van der Waals surface area contributed by atoms with Crippen LogP contribution < -0.4 is 5.32 Å². The van der Waals surface area contributed by atoms with Crippen LogP contribution in [0.2, 0.25) is 0 Å². The van der Waals surface area contributed by atoms with E-state index < -0.39 is 0 Å². The molecule has 1 heteroatoms. The van der Waals surface area contributed by atoms with Crippen molar-refractivity contribution in [3.8, 4) is 0 Å². The number of hydrogen-bond donors (Lipinski definition) is 1. The van der Waals surface area contributed by atoms with Crippen molar-refractivity contribution in [2.45, 2.75) is 13.3 Å². The van der Waals surface area contributed by atoms with Gasteiger partial charge in [0.15, 0.2) is 0 Å². The van der Waals surface area contributed by atoms with Crippen LogP contribution in [-0.4, -0.2) is 13.1 Å². The van der Waals surface area contributed by atoms with E-state index in [2.05, 4.69) is 24.6 Å². The molecule has 0 heterocycles. The molecule has 0 spiro atoms. The number of hydrogen-bond acceptors (Lipinski definition) is 1. The molecule has 46 valence electrons. The standard InChI is InChI=1S/C7H13N/c1-3-5-6-7-8-4-2/h5,8H,1,4,6-7H2,2H3. The monoisotopic (exact) mass is 111 g/mol. The van der Waals surface area contributed by atoms with Crippen molar-refractivity contribution >= 4 is 0 Å². The molecule has 0 saturated heterocycles. The predicted molar refractivity (Wildman–Crippen MR) is 36.9 cm³/mol. The molecule has 0 aromatic rings. The molecule has 0 amide bonds. The molecule has 0 fully saturated rings. The van der Waals surface area contributed by atoms with Crippen molar-refractivity contribution in [2.24, 2.45) is 0 Å². The van der Waals surface area contributed by atoms with Crippen molar-refractivity contribution in [1.29, 1.82) is 0 Å². The second kappa shape index (κ2) is 6.48. The smallest absolute Gasteiger partial charge is 0.000829 e. The number of nitrogens with one attached hydrogen (secondary N) is 1. The lowest BCUT2D eigenvalue weighted by molar-refractivity contribution is 0.727. The molecule has 0 bridgehead atoms. The summed E-state index contributed by atoms with van der Waals surface area (Å²) in [6.45, 7) is 7.63. The second-order valence-electron chi connectivity index (χ2n) is 1.55. The SMILES string of the molecule is C=C=CCCNCC. The van der Waals surface area contributed by atoms with Gasteiger partial charge in [0, 0.05) is 0 Å². The topological polar surface area (TPSA) is 12.0 Å². The van der Waals surface area contributed by atoms with E-state index in [4.69, 9.17) is 0 Å². The lowest BCUT2D eigenvalue weighted by atomic mass is 10.4. The third-order valence-electron chi connectivity index (χ3n) is 0.860. The van der Waals surface area contributed by atoms with Crippen LogP contribution in [0.1, 0.15) is 13.3 Å². The molecule has 0 atom stereocenters. The molecule has 1 N–H and O–H groups in total. The van der Waals surface area contributed by atoms with Gasteiger partial charge >= 0.3 is 0 Å². The van der Waals surface area contributed by atoms with E-state index in [-0.39, 0.29) is 0 Å². The Bertz CT molecular complexity index is 80.4. The molecule has 0 rings (SSSR count). The lowest BCUT2D eigenvalue weighted by Gasteiger charge is -1.92. The highest BCUT2D eigenvalue weighted by Gasteiger charge is 1.75. The molecule has 0 aliphatic rings. The summed E-state index contributed by atoms with van der Waals surface area (Å²) in [6.07, 6.45) is 2.97. The Labute approximate surface area is 51.1 Å². The fourth-order valence-corrected chi connectivity index (χ4v) is 0.453.